The van der Waals surface area contributed by atoms with Gasteiger partial charge in [-0.3, -0.25) is 9.59 Å². The number of nitrogens with one attached hydrogen (secondary N) is 1. The first-order valence-electron chi connectivity index (χ1n) is 28.0. The second kappa shape index (κ2) is 52.5. The van der Waals surface area contributed by atoms with Crippen LogP contribution in [0.5, 0.6) is 0 Å². The van der Waals surface area contributed by atoms with E-state index >= 15 is 0 Å². The molecule has 3 N–H and O–H groups in total. The van der Waals surface area contributed by atoms with Crippen LogP contribution in [0.4, 0.5) is 0 Å². The second-order valence-corrected chi connectivity index (χ2v) is 19.0. The molecule has 0 rings (SSSR count). The molecule has 3 unspecified atom stereocenters. The van der Waals surface area contributed by atoms with Crippen molar-refractivity contribution in [3.8, 4) is 0 Å². The van der Waals surface area contributed by atoms with Gasteiger partial charge >= 0.3 is 5.97 Å². The summed E-state index contributed by atoms with van der Waals surface area (Å²) in [6.07, 6.45) is 65.6. The molecule has 6 heteroatoms. The third-order valence-corrected chi connectivity index (χ3v) is 12.6. The predicted octanol–water partition coefficient (Wildman–Crippen LogP) is 17.2. The number of carbonyl (C=O) groups is 2. The van der Waals surface area contributed by atoms with E-state index < -0.39 is 18.2 Å². The number of unbranched alkanes of at least 4 members (excludes halogenated alkanes) is 28. The van der Waals surface area contributed by atoms with E-state index in [-0.39, 0.29) is 24.9 Å². The van der Waals surface area contributed by atoms with Crippen molar-refractivity contribution in [3.63, 3.8) is 0 Å². The number of ether oxygens (including phenoxy) is 1. The molecule has 0 saturated carbocycles. The van der Waals surface area contributed by atoms with Crippen LogP contribution in [0, 0.1) is 0 Å². The Bertz CT molecular complexity index is 1160. The Labute approximate surface area is 403 Å². The van der Waals surface area contributed by atoms with E-state index in [1.165, 1.54) is 135 Å². The predicted molar refractivity (Wildman–Crippen MR) is 282 cm³/mol. The highest BCUT2D eigenvalue weighted by Crippen LogP contribution is 2.18. The van der Waals surface area contributed by atoms with Crippen LogP contribution in [0.25, 0.3) is 0 Å². The Morgan fingerprint density at radius 1 is 0.446 bits per heavy atom. The highest BCUT2D eigenvalue weighted by Gasteiger charge is 2.24. The molecule has 0 heterocycles. The summed E-state index contributed by atoms with van der Waals surface area (Å²) < 4.78 is 5.95. The first-order chi connectivity index (χ1) is 32.0. The van der Waals surface area contributed by atoms with Crippen LogP contribution >= 0.6 is 0 Å². The van der Waals surface area contributed by atoms with Crippen LogP contribution in [-0.4, -0.2) is 46.9 Å². The first-order valence-corrected chi connectivity index (χ1v) is 28.0. The van der Waals surface area contributed by atoms with E-state index in [1.54, 1.807) is 0 Å². The lowest BCUT2D eigenvalue weighted by Gasteiger charge is -2.24. The topological polar surface area (TPSA) is 95.9 Å². The van der Waals surface area contributed by atoms with Crippen molar-refractivity contribution < 1.29 is 24.5 Å². The maximum absolute atomic E-state index is 13.2. The summed E-state index contributed by atoms with van der Waals surface area (Å²) in [5.74, 6) is -0.501. The molecule has 0 aliphatic heterocycles. The molecule has 0 saturated heterocycles. The van der Waals surface area contributed by atoms with Crippen molar-refractivity contribution in [1.29, 1.82) is 0 Å². The summed E-state index contributed by atoms with van der Waals surface area (Å²) in [5, 5.41) is 23.8. The summed E-state index contributed by atoms with van der Waals surface area (Å²) in [6, 6.07) is -0.710. The van der Waals surface area contributed by atoms with Gasteiger partial charge in [0.15, 0.2) is 0 Å². The third-order valence-electron chi connectivity index (χ3n) is 12.6. The van der Waals surface area contributed by atoms with Gasteiger partial charge in [-0.1, -0.05) is 229 Å². The second-order valence-electron chi connectivity index (χ2n) is 19.0. The minimum absolute atomic E-state index is 0.0625. The lowest BCUT2D eigenvalue weighted by Crippen LogP contribution is -2.46. The van der Waals surface area contributed by atoms with Gasteiger partial charge in [0.1, 0.15) is 6.10 Å². The van der Waals surface area contributed by atoms with Gasteiger partial charge in [0.25, 0.3) is 0 Å². The molecule has 3 atom stereocenters. The minimum atomic E-state index is -0.795. The Morgan fingerprint density at radius 2 is 0.785 bits per heavy atom. The van der Waals surface area contributed by atoms with Gasteiger partial charge in [0, 0.05) is 6.42 Å². The van der Waals surface area contributed by atoms with Crippen molar-refractivity contribution in [1.82, 2.24) is 5.32 Å². The van der Waals surface area contributed by atoms with Gasteiger partial charge < -0.3 is 20.3 Å². The van der Waals surface area contributed by atoms with Gasteiger partial charge in [-0.25, -0.2) is 0 Å². The highest BCUT2D eigenvalue weighted by atomic mass is 16.5. The summed E-state index contributed by atoms with van der Waals surface area (Å²) in [6.45, 7) is 6.44. The minimum Gasteiger partial charge on any atom is -0.462 e. The van der Waals surface area contributed by atoms with Gasteiger partial charge in [0.05, 0.1) is 25.2 Å². The fourth-order valence-electron chi connectivity index (χ4n) is 8.29. The lowest BCUT2D eigenvalue weighted by molar-refractivity contribution is -0.151. The van der Waals surface area contributed by atoms with Crippen LogP contribution < -0.4 is 5.32 Å². The monoisotopic (exact) mass is 910 g/mol. The third kappa shape index (κ3) is 47.8. The van der Waals surface area contributed by atoms with Gasteiger partial charge in [0.2, 0.25) is 5.91 Å². The summed E-state index contributed by atoms with van der Waals surface area (Å²) in [5.41, 5.74) is 0. The van der Waals surface area contributed by atoms with Gasteiger partial charge in [-0.05, 0) is 96.3 Å². The fraction of sp³-hybridized carbons (Fsp3) is 0.797. The van der Waals surface area contributed by atoms with Crippen molar-refractivity contribution in [2.24, 2.45) is 0 Å². The molecule has 0 bridgehead atoms. The van der Waals surface area contributed by atoms with Gasteiger partial charge in [-0.2, -0.15) is 0 Å². The number of rotatable bonds is 50. The zero-order chi connectivity index (χ0) is 47.4. The van der Waals surface area contributed by atoms with E-state index in [1.807, 2.05) is 0 Å². The number of carbonyl (C=O) groups excluding carboxylic acids is 2. The largest absolute Gasteiger partial charge is 0.462 e. The maximum Gasteiger partial charge on any atom is 0.306 e. The highest BCUT2D eigenvalue weighted by molar-refractivity contribution is 5.77. The quantitative estimate of drug-likeness (QED) is 0.0321. The summed E-state index contributed by atoms with van der Waals surface area (Å²) >= 11 is 0. The number of allylic oxidation sites excluding steroid dienone is 10. The van der Waals surface area contributed by atoms with Crippen LogP contribution in [0.3, 0.4) is 0 Å². The molecule has 6 nitrogen and oxygen atoms in total. The Morgan fingerprint density at radius 3 is 1.22 bits per heavy atom. The molecule has 65 heavy (non-hydrogen) atoms. The molecule has 378 valence electrons. The Hall–Kier alpha value is -2.44. The molecule has 0 spiro atoms. The van der Waals surface area contributed by atoms with E-state index in [2.05, 4.69) is 86.8 Å². The molecule has 0 aliphatic rings. The molecule has 1 amide bonds. The van der Waals surface area contributed by atoms with Crippen LogP contribution in [0.15, 0.2) is 60.8 Å². The fourth-order valence-corrected chi connectivity index (χ4v) is 8.29. The molecule has 0 fully saturated rings. The number of hydrogen-bond acceptors (Lipinski definition) is 5. The first kappa shape index (κ1) is 62.6. The molecular formula is C59H107NO5. The molecule has 0 aliphatic carbocycles. The van der Waals surface area contributed by atoms with E-state index in [0.717, 1.165) is 96.3 Å². The standard InChI is InChI=1S/C59H107NO5/c1-4-7-10-13-16-19-22-25-27-29-31-33-35-38-41-44-47-50-55(65-59(64)52-49-46-43-40-37-34-32-30-28-26-23-20-17-14-11-8-5-2)53-58(63)60-56(54-61)57(62)51-48-45-42-39-36-24-21-18-15-12-9-6-3/h16-17,19-20,25-28,32,34,55-57,61-62H,4-15,18,21-24,29-31,33,35-54H2,1-3H3,(H,60,63)/b19-16-,20-17-,27-25-,28-26-,34-32-. The number of hydrogen-bond donors (Lipinski definition) is 3. The molecular weight excluding hydrogens is 803 g/mol. The average molecular weight is 911 g/mol. The van der Waals surface area contributed by atoms with Crippen molar-refractivity contribution in [3.05, 3.63) is 60.8 Å². The number of aliphatic hydroxyl groups excluding tert-OH is 2. The summed E-state index contributed by atoms with van der Waals surface area (Å²) in [4.78, 5) is 26.2. The molecule has 0 radical (unpaired) electrons. The Kier molecular flexibility index (Phi) is 50.6. The molecule has 0 aromatic heterocycles. The van der Waals surface area contributed by atoms with Gasteiger partial charge in [-0.15, -0.1) is 0 Å². The maximum atomic E-state index is 13.2. The lowest BCUT2D eigenvalue weighted by atomic mass is 10.0. The van der Waals surface area contributed by atoms with E-state index in [9.17, 15) is 19.8 Å². The zero-order valence-electron chi connectivity index (χ0n) is 43.1. The smallest absolute Gasteiger partial charge is 0.306 e. The number of esters is 1. The Balaban J connectivity index is 4.63. The van der Waals surface area contributed by atoms with Crippen LogP contribution in [-0.2, 0) is 14.3 Å². The van der Waals surface area contributed by atoms with E-state index in [4.69, 9.17) is 4.74 Å². The zero-order valence-corrected chi connectivity index (χ0v) is 43.1. The molecule has 0 aromatic rings. The summed E-state index contributed by atoms with van der Waals surface area (Å²) in [7, 11) is 0. The van der Waals surface area contributed by atoms with Crippen molar-refractivity contribution >= 4 is 11.9 Å². The van der Waals surface area contributed by atoms with Crippen LogP contribution in [0.1, 0.15) is 278 Å². The number of amides is 1. The normalized spacial score (nSPS) is 13.6. The molecule has 0 aromatic carbocycles. The van der Waals surface area contributed by atoms with Crippen LogP contribution in [0.2, 0.25) is 0 Å². The average Bonchev–Trinajstić information content (AvgIpc) is 3.30. The van der Waals surface area contributed by atoms with E-state index in [0.29, 0.717) is 19.3 Å². The van der Waals surface area contributed by atoms with Crippen molar-refractivity contribution in [2.45, 2.75) is 296 Å². The van der Waals surface area contributed by atoms with Crippen molar-refractivity contribution in [2.75, 3.05) is 6.61 Å². The SMILES string of the molecule is CCCCC/C=C\C/C=C\C/C=C\CCCCCCC(=O)OC(CCCCCCCCC/C=C\C/C=C\CCCCC)CC(=O)NC(CO)C(O)CCCCCCCCCCCCCC. The number of aliphatic hydroxyl groups is 2.